The van der Waals surface area contributed by atoms with Crippen LogP contribution in [0.2, 0.25) is 0 Å². The first-order valence-corrected chi connectivity index (χ1v) is 13.7. The first-order valence-electron chi connectivity index (χ1n) is 10.9. The molecule has 0 aliphatic rings. The summed E-state index contributed by atoms with van der Waals surface area (Å²) in [4.78, 5) is 14.8. The first kappa shape index (κ1) is 29.6. The predicted molar refractivity (Wildman–Crippen MR) is 141 cm³/mol. The van der Waals surface area contributed by atoms with E-state index in [1.165, 1.54) is 67.7 Å². The molecule has 39 heavy (non-hydrogen) atoms. The number of carbonyl (C=O) groups excluding carboxylic acids is 1. The fraction of sp³-hybridized carbons (Fsp3) is 0.174. The van der Waals surface area contributed by atoms with Crippen molar-refractivity contribution in [3.8, 4) is 11.4 Å². The van der Waals surface area contributed by atoms with Crippen LogP contribution < -0.4 is 0 Å². The average molecular weight is 583 g/mol. The van der Waals surface area contributed by atoms with Gasteiger partial charge in [-0.05, 0) is 29.8 Å². The Morgan fingerprint density at radius 1 is 0.974 bits per heavy atom. The van der Waals surface area contributed by atoms with Gasteiger partial charge in [-0.3, -0.25) is 9.35 Å². The third-order valence-electron chi connectivity index (χ3n) is 5.06. The highest BCUT2D eigenvalue weighted by molar-refractivity contribution is 7.87. The molecule has 12 nitrogen and oxygen atoms in total. The van der Waals surface area contributed by atoms with Crippen molar-refractivity contribution in [1.29, 1.82) is 0 Å². The Kier molecular flexibility index (Phi) is 8.64. The zero-order valence-corrected chi connectivity index (χ0v) is 22.7. The van der Waals surface area contributed by atoms with Crippen LogP contribution in [-0.4, -0.2) is 83.3 Å². The summed E-state index contributed by atoms with van der Waals surface area (Å²) in [5, 5.41) is 3.94. The van der Waals surface area contributed by atoms with Crippen molar-refractivity contribution >= 4 is 50.0 Å². The SMILES string of the molecule is CN(C)C=O.CN(C)S(=O)(=O)n1ccnc1-c1cc2c(/C=C/c3ccc(F)cc3)nn(S(=O)(=O)O)c2cc1F. The fourth-order valence-electron chi connectivity index (χ4n) is 3.19. The van der Waals surface area contributed by atoms with Crippen molar-refractivity contribution in [3.05, 3.63) is 71.7 Å². The van der Waals surface area contributed by atoms with Crippen molar-refractivity contribution in [2.45, 2.75) is 0 Å². The maximum absolute atomic E-state index is 15.1. The highest BCUT2D eigenvalue weighted by atomic mass is 32.2. The lowest BCUT2D eigenvalue weighted by molar-refractivity contribution is -0.115. The Morgan fingerprint density at radius 2 is 1.59 bits per heavy atom. The molecule has 0 aliphatic carbocycles. The van der Waals surface area contributed by atoms with Crippen LogP contribution in [0.3, 0.4) is 0 Å². The molecule has 4 rings (SSSR count). The molecule has 208 valence electrons. The molecule has 0 unspecified atom stereocenters. The summed E-state index contributed by atoms with van der Waals surface area (Å²) in [6.45, 7) is 0. The highest BCUT2D eigenvalue weighted by Gasteiger charge is 2.25. The molecule has 0 atom stereocenters. The zero-order chi connectivity index (χ0) is 29.1. The Morgan fingerprint density at radius 3 is 2.13 bits per heavy atom. The smallest absolute Gasteiger partial charge is 0.351 e. The van der Waals surface area contributed by atoms with Crippen molar-refractivity contribution in [2.24, 2.45) is 0 Å². The van der Waals surface area contributed by atoms with Gasteiger partial charge in [-0.1, -0.05) is 18.2 Å². The number of nitrogens with zero attached hydrogens (tertiary/aromatic N) is 6. The molecule has 2 heterocycles. The monoisotopic (exact) mass is 582 g/mol. The van der Waals surface area contributed by atoms with Crippen LogP contribution in [0.15, 0.2) is 48.8 Å². The Labute approximate surface area is 223 Å². The van der Waals surface area contributed by atoms with Crippen LogP contribution in [0, 0.1) is 11.6 Å². The topological polar surface area (TPSA) is 148 Å². The van der Waals surface area contributed by atoms with Crippen molar-refractivity contribution < 1.29 is 35.0 Å². The number of rotatable bonds is 7. The fourth-order valence-corrected chi connectivity index (χ4v) is 4.71. The third kappa shape index (κ3) is 6.54. The number of halogens is 2. The molecule has 0 saturated carbocycles. The standard InChI is InChI=1S/C20H17F2N5O5S2.C3H7NO/c1-25(2)33(28,29)26-10-9-23-20(26)15-11-16-18(8-5-13-3-6-14(21)7-4-13)24-27(34(30,31)32)19(16)12-17(15)22;1-4(2)3-5/h3-12H,1-2H3,(H,30,31,32);3H,1-2H3/b8-5+;. The van der Waals surface area contributed by atoms with E-state index in [1.807, 2.05) is 0 Å². The van der Waals surface area contributed by atoms with Gasteiger partial charge in [-0.25, -0.2) is 17.7 Å². The lowest BCUT2D eigenvalue weighted by Gasteiger charge is -2.14. The number of hydrogen-bond donors (Lipinski definition) is 1. The van der Waals surface area contributed by atoms with Gasteiger partial charge >= 0.3 is 20.5 Å². The quantitative estimate of drug-likeness (QED) is 0.258. The molecule has 0 fully saturated rings. The molecule has 0 saturated heterocycles. The molecule has 2 aromatic carbocycles. The summed E-state index contributed by atoms with van der Waals surface area (Å²) >= 11 is 0. The molecule has 0 radical (unpaired) electrons. The predicted octanol–water partition coefficient (Wildman–Crippen LogP) is 2.36. The van der Waals surface area contributed by atoms with Crippen LogP contribution in [0.25, 0.3) is 34.4 Å². The summed E-state index contributed by atoms with van der Waals surface area (Å²) < 4.78 is 88.6. The number of fused-ring (bicyclic) bond motifs is 1. The lowest BCUT2D eigenvalue weighted by Crippen LogP contribution is -2.29. The van der Waals surface area contributed by atoms with E-state index in [0.717, 1.165) is 27.0 Å². The highest BCUT2D eigenvalue weighted by Crippen LogP contribution is 2.31. The summed E-state index contributed by atoms with van der Waals surface area (Å²) in [6.07, 6.45) is 5.97. The second-order valence-electron chi connectivity index (χ2n) is 8.35. The largest absolute Gasteiger partial charge is 0.379 e. The number of amides is 1. The molecule has 0 spiro atoms. The normalized spacial score (nSPS) is 12.1. The van der Waals surface area contributed by atoms with E-state index in [1.54, 1.807) is 14.1 Å². The van der Waals surface area contributed by atoms with Gasteiger partial charge in [-0.15, -0.1) is 4.09 Å². The molecule has 1 N–H and O–H groups in total. The summed E-state index contributed by atoms with van der Waals surface area (Å²) in [6, 6.07) is 7.40. The van der Waals surface area contributed by atoms with E-state index < -0.39 is 32.1 Å². The van der Waals surface area contributed by atoms with Crippen molar-refractivity contribution in [2.75, 3.05) is 28.2 Å². The second-order valence-corrected chi connectivity index (χ2v) is 11.6. The molecule has 0 bridgehead atoms. The molecule has 2 aromatic heterocycles. The lowest BCUT2D eigenvalue weighted by atomic mass is 10.1. The molecule has 16 heteroatoms. The minimum Gasteiger partial charge on any atom is -0.351 e. The van der Waals surface area contributed by atoms with Crippen LogP contribution in [0.4, 0.5) is 8.78 Å². The van der Waals surface area contributed by atoms with Crippen molar-refractivity contribution in [1.82, 2.24) is 27.3 Å². The van der Waals surface area contributed by atoms with E-state index in [0.29, 0.717) is 5.56 Å². The maximum atomic E-state index is 15.1. The number of imidazole rings is 1. The molecular formula is C23H24F2N6O6S2. The van der Waals surface area contributed by atoms with Gasteiger partial charge in [0.1, 0.15) is 11.6 Å². The van der Waals surface area contributed by atoms with Gasteiger partial charge in [0.15, 0.2) is 5.82 Å². The van der Waals surface area contributed by atoms with E-state index in [9.17, 15) is 30.6 Å². The first-order chi connectivity index (χ1) is 18.2. The maximum Gasteiger partial charge on any atom is 0.379 e. The minimum atomic E-state index is -4.89. The second kappa shape index (κ2) is 11.4. The van der Waals surface area contributed by atoms with Gasteiger partial charge in [-0.2, -0.15) is 26.2 Å². The summed E-state index contributed by atoms with van der Waals surface area (Å²) in [7, 11) is -2.96. The van der Waals surface area contributed by atoms with Gasteiger partial charge in [0, 0.05) is 52.0 Å². The van der Waals surface area contributed by atoms with Crippen LogP contribution in [-0.2, 0) is 25.3 Å². The van der Waals surface area contributed by atoms with E-state index >= 15 is 4.39 Å². The van der Waals surface area contributed by atoms with Crippen molar-refractivity contribution in [3.63, 3.8) is 0 Å². The number of benzene rings is 2. The average Bonchev–Trinajstić information content (AvgIpc) is 3.48. The molecular weight excluding hydrogens is 558 g/mol. The van der Waals surface area contributed by atoms with Gasteiger partial charge in [0.05, 0.1) is 16.8 Å². The number of carbonyl (C=O) groups is 1. The van der Waals surface area contributed by atoms with Gasteiger partial charge in [0.25, 0.3) is 0 Å². The van der Waals surface area contributed by atoms with Crippen LogP contribution in [0.5, 0.6) is 0 Å². The number of hydrogen-bond acceptors (Lipinski definition) is 7. The third-order valence-corrected chi connectivity index (χ3v) is 7.49. The van der Waals surface area contributed by atoms with Crippen LogP contribution >= 0.6 is 0 Å². The van der Waals surface area contributed by atoms with E-state index in [2.05, 4.69) is 10.1 Å². The minimum absolute atomic E-state index is 0.0202. The van der Waals surface area contributed by atoms with Gasteiger partial charge < -0.3 is 4.90 Å². The summed E-state index contributed by atoms with van der Waals surface area (Å²) in [5.74, 6) is -1.68. The molecule has 0 aliphatic heterocycles. The Hall–Kier alpha value is -3.99. The molecule has 1 amide bonds. The Bertz CT molecular complexity index is 1750. The van der Waals surface area contributed by atoms with E-state index in [-0.39, 0.29) is 32.1 Å². The summed E-state index contributed by atoms with van der Waals surface area (Å²) in [5.41, 5.74) is 0.0583. The molecule has 4 aromatic rings. The number of aromatic nitrogens is 4. The Balaban J connectivity index is 0.000000771. The van der Waals surface area contributed by atoms with E-state index in [4.69, 9.17) is 0 Å². The zero-order valence-electron chi connectivity index (χ0n) is 21.1. The van der Waals surface area contributed by atoms with Crippen LogP contribution in [0.1, 0.15) is 11.3 Å². The van der Waals surface area contributed by atoms with Gasteiger partial charge in [0.2, 0.25) is 6.41 Å².